The third-order valence-corrected chi connectivity index (χ3v) is 2.54. The fourth-order valence-electron chi connectivity index (χ4n) is 1.22. The summed E-state index contributed by atoms with van der Waals surface area (Å²) in [5, 5.41) is 0. The lowest BCUT2D eigenvalue weighted by molar-refractivity contribution is 0.790. The molecular formula is C9H12BrCl2N3. The van der Waals surface area contributed by atoms with Crippen LogP contribution in [0, 0.1) is 0 Å². The molecule has 3 nitrogen and oxygen atoms in total. The Balaban J connectivity index is 0.000000980. The molecule has 6 heteroatoms. The van der Waals surface area contributed by atoms with E-state index < -0.39 is 0 Å². The van der Waals surface area contributed by atoms with Gasteiger partial charge in [0.05, 0.1) is 10.2 Å². The average Bonchev–Trinajstić information content (AvgIpc) is 2.49. The van der Waals surface area contributed by atoms with Crippen LogP contribution in [0.4, 0.5) is 0 Å². The summed E-state index contributed by atoms with van der Waals surface area (Å²) >= 11 is 3.44. The number of halogens is 3. The number of nitrogens with two attached hydrogens (primary N) is 1. The molecule has 1 atom stereocenters. The second kappa shape index (κ2) is 5.70. The van der Waals surface area contributed by atoms with Gasteiger partial charge >= 0.3 is 0 Å². The maximum atomic E-state index is 5.74. The number of nitrogens with zero attached hydrogens (tertiary/aromatic N) is 2. The van der Waals surface area contributed by atoms with Crippen molar-refractivity contribution in [1.29, 1.82) is 0 Å². The van der Waals surface area contributed by atoms with Crippen molar-refractivity contribution in [3.63, 3.8) is 0 Å². The molecule has 0 fully saturated rings. The van der Waals surface area contributed by atoms with Crippen molar-refractivity contribution in [2.75, 3.05) is 0 Å². The Morgan fingerprint density at radius 1 is 1.47 bits per heavy atom. The van der Waals surface area contributed by atoms with Gasteiger partial charge in [-0.05, 0) is 35.0 Å². The Labute approximate surface area is 109 Å². The van der Waals surface area contributed by atoms with Crippen LogP contribution < -0.4 is 5.73 Å². The molecule has 0 radical (unpaired) electrons. The summed E-state index contributed by atoms with van der Waals surface area (Å²) in [5.41, 5.74) is 7.56. The SMILES string of the molecule is C[C@H](N)c1cn2cccc(Br)c2n1.Cl.Cl. The van der Waals surface area contributed by atoms with E-state index in [1.54, 1.807) is 0 Å². The van der Waals surface area contributed by atoms with Gasteiger partial charge in [-0.3, -0.25) is 0 Å². The standard InChI is InChI=1S/C9H10BrN3.2ClH/c1-6(11)8-5-13-4-2-3-7(10)9(13)12-8;;/h2-6H,11H2,1H3;2*1H/t6-;;/m0../s1. The highest BCUT2D eigenvalue weighted by Gasteiger charge is 2.06. The molecule has 0 bridgehead atoms. The highest BCUT2D eigenvalue weighted by atomic mass is 79.9. The summed E-state index contributed by atoms with van der Waals surface area (Å²) in [6.07, 6.45) is 3.91. The molecule has 0 aliphatic heterocycles. The molecule has 84 valence electrons. The molecule has 0 aliphatic carbocycles. The van der Waals surface area contributed by atoms with Gasteiger partial charge in [-0.15, -0.1) is 24.8 Å². The number of aromatic nitrogens is 2. The van der Waals surface area contributed by atoms with Gasteiger partial charge in [-0.1, -0.05) is 0 Å². The molecule has 15 heavy (non-hydrogen) atoms. The minimum absolute atomic E-state index is 0. The van der Waals surface area contributed by atoms with Crippen LogP contribution in [0.2, 0.25) is 0 Å². The Kier molecular flexibility index (Phi) is 5.59. The molecule has 0 spiro atoms. The minimum atomic E-state index is -0.0215. The Bertz CT molecular complexity index is 442. The monoisotopic (exact) mass is 311 g/mol. The van der Waals surface area contributed by atoms with E-state index in [0.717, 1.165) is 15.8 Å². The second-order valence-electron chi connectivity index (χ2n) is 3.04. The number of hydrogen-bond acceptors (Lipinski definition) is 2. The second-order valence-corrected chi connectivity index (χ2v) is 3.90. The Morgan fingerprint density at radius 2 is 2.13 bits per heavy atom. The van der Waals surface area contributed by atoms with Gasteiger partial charge in [0.1, 0.15) is 0 Å². The molecule has 0 saturated carbocycles. The van der Waals surface area contributed by atoms with Crippen LogP contribution in [0.25, 0.3) is 5.65 Å². The number of fused-ring (bicyclic) bond motifs is 1. The van der Waals surface area contributed by atoms with E-state index in [9.17, 15) is 0 Å². The summed E-state index contributed by atoms with van der Waals surface area (Å²) in [5.74, 6) is 0. The first-order valence-electron chi connectivity index (χ1n) is 4.07. The zero-order valence-electron chi connectivity index (χ0n) is 8.05. The van der Waals surface area contributed by atoms with E-state index in [4.69, 9.17) is 5.73 Å². The van der Waals surface area contributed by atoms with Gasteiger partial charge in [0.25, 0.3) is 0 Å². The van der Waals surface area contributed by atoms with Crippen molar-refractivity contribution in [2.24, 2.45) is 5.73 Å². The van der Waals surface area contributed by atoms with Crippen molar-refractivity contribution < 1.29 is 0 Å². The van der Waals surface area contributed by atoms with Gasteiger partial charge in [-0.2, -0.15) is 0 Å². The molecular weight excluding hydrogens is 301 g/mol. The smallest absolute Gasteiger partial charge is 0.151 e. The summed E-state index contributed by atoms with van der Waals surface area (Å²) in [4.78, 5) is 4.40. The van der Waals surface area contributed by atoms with Gasteiger partial charge in [-0.25, -0.2) is 4.98 Å². The van der Waals surface area contributed by atoms with E-state index >= 15 is 0 Å². The number of pyridine rings is 1. The maximum absolute atomic E-state index is 5.74. The zero-order chi connectivity index (χ0) is 9.42. The molecule has 0 saturated heterocycles. The first-order chi connectivity index (χ1) is 6.18. The maximum Gasteiger partial charge on any atom is 0.151 e. The average molecular weight is 313 g/mol. The lowest BCUT2D eigenvalue weighted by atomic mass is 10.3. The number of hydrogen-bond donors (Lipinski definition) is 1. The van der Waals surface area contributed by atoms with Gasteiger partial charge in [0.2, 0.25) is 0 Å². The van der Waals surface area contributed by atoms with Gasteiger partial charge in [0, 0.05) is 18.4 Å². The van der Waals surface area contributed by atoms with Crippen molar-refractivity contribution in [3.8, 4) is 0 Å². The Hall–Kier alpha value is -0.290. The van der Waals surface area contributed by atoms with Gasteiger partial charge in [0.15, 0.2) is 5.65 Å². The van der Waals surface area contributed by atoms with E-state index in [1.807, 2.05) is 35.9 Å². The van der Waals surface area contributed by atoms with Crippen molar-refractivity contribution in [2.45, 2.75) is 13.0 Å². The van der Waals surface area contributed by atoms with Crippen LogP contribution in [0.3, 0.4) is 0 Å². The first kappa shape index (κ1) is 14.7. The highest BCUT2D eigenvalue weighted by Crippen LogP contribution is 2.18. The minimum Gasteiger partial charge on any atom is -0.323 e. The topological polar surface area (TPSA) is 43.3 Å². The summed E-state index contributed by atoms with van der Waals surface area (Å²) in [6.45, 7) is 1.93. The number of rotatable bonds is 1. The first-order valence-corrected chi connectivity index (χ1v) is 4.86. The lowest BCUT2D eigenvalue weighted by Gasteiger charge is -1.95. The molecule has 2 heterocycles. The summed E-state index contributed by atoms with van der Waals surface area (Å²) in [6, 6.07) is 3.91. The van der Waals surface area contributed by atoms with Crippen LogP contribution in [0.5, 0.6) is 0 Å². The van der Waals surface area contributed by atoms with E-state index in [2.05, 4.69) is 20.9 Å². The summed E-state index contributed by atoms with van der Waals surface area (Å²) in [7, 11) is 0. The fourth-order valence-corrected chi connectivity index (χ4v) is 1.66. The number of imidazole rings is 1. The van der Waals surface area contributed by atoms with Crippen LogP contribution in [-0.4, -0.2) is 9.38 Å². The molecule has 2 N–H and O–H groups in total. The summed E-state index contributed by atoms with van der Waals surface area (Å²) < 4.78 is 2.95. The molecule has 2 rings (SSSR count). The largest absolute Gasteiger partial charge is 0.323 e. The van der Waals surface area contributed by atoms with Crippen LogP contribution >= 0.6 is 40.7 Å². The zero-order valence-corrected chi connectivity index (χ0v) is 11.3. The molecule has 0 aliphatic rings. The van der Waals surface area contributed by atoms with E-state index in [-0.39, 0.29) is 30.9 Å². The van der Waals surface area contributed by atoms with Crippen LogP contribution in [0.15, 0.2) is 29.0 Å². The molecule has 2 aromatic rings. The third-order valence-electron chi connectivity index (χ3n) is 1.92. The highest BCUT2D eigenvalue weighted by molar-refractivity contribution is 9.10. The van der Waals surface area contributed by atoms with Gasteiger partial charge < -0.3 is 10.1 Å². The van der Waals surface area contributed by atoms with Crippen LogP contribution in [0.1, 0.15) is 18.7 Å². The third kappa shape index (κ3) is 2.84. The molecule has 0 aromatic carbocycles. The predicted molar refractivity (Wildman–Crippen MR) is 70.0 cm³/mol. The molecule has 2 aromatic heterocycles. The van der Waals surface area contributed by atoms with Crippen molar-refractivity contribution >= 4 is 46.4 Å². The molecule has 0 amide bonds. The van der Waals surface area contributed by atoms with E-state index in [0.29, 0.717) is 0 Å². The fraction of sp³-hybridized carbons (Fsp3) is 0.222. The predicted octanol–water partition coefficient (Wildman–Crippen LogP) is 2.96. The normalized spacial score (nSPS) is 11.7. The van der Waals surface area contributed by atoms with Crippen molar-refractivity contribution in [1.82, 2.24) is 9.38 Å². The quantitative estimate of drug-likeness (QED) is 0.879. The van der Waals surface area contributed by atoms with Crippen LogP contribution in [-0.2, 0) is 0 Å². The van der Waals surface area contributed by atoms with Crippen molar-refractivity contribution in [3.05, 3.63) is 34.7 Å². The Morgan fingerprint density at radius 3 is 2.67 bits per heavy atom. The molecule has 0 unspecified atom stereocenters. The van der Waals surface area contributed by atoms with E-state index in [1.165, 1.54) is 0 Å². The lowest BCUT2D eigenvalue weighted by Crippen LogP contribution is -2.04.